The number of rotatable bonds is 14. The normalized spacial score (nSPS) is 14.2. The molecule has 0 aromatic heterocycles. The van der Waals surface area contributed by atoms with Crippen LogP contribution >= 0.6 is 0 Å². The van der Waals surface area contributed by atoms with E-state index in [2.05, 4.69) is 19.9 Å². The molecule has 0 rings (SSSR count). The number of unbranched alkanes of at least 4 members (excludes halogenated alkanes) is 5. The second-order valence-electron chi connectivity index (χ2n) is 6.41. The lowest BCUT2D eigenvalue weighted by Crippen LogP contribution is -2.43. The van der Waals surface area contributed by atoms with Gasteiger partial charge in [-0.25, -0.2) is 0 Å². The first-order valence-electron chi connectivity index (χ1n) is 9.79. The van der Waals surface area contributed by atoms with Gasteiger partial charge in [-0.3, -0.25) is 9.59 Å². The van der Waals surface area contributed by atoms with Crippen LogP contribution in [0.15, 0.2) is 0 Å². The Morgan fingerprint density at radius 1 is 0.920 bits per heavy atom. The van der Waals surface area contributed by atoms with E-state index in [0.29, 0.717) is 12.8 Å². The number of carbonyl (C=O) groups is 2. The molecule has 0 aliphatic heterocycles. The molecule has 0 fully saturated rings. The lowest BCUT2D eigenvalue weighted by atomic mass is 9.70. The van der Waals surface area contributed by atoms with Crippen LogP contribution in [-0.4, -0.2) is 25.2 Å². The van der Waals surface area contributed by atoms with Crippen molar-refractivity contribution >= 4 is 11.9 Å². The van der Waals surface area contributed by atoms with Crippen LogP contribution in [0.4, 0.5) is 0 Å². The third-order valence-corrected chi connectivity index (χ3v) is 4.53. The van der Waals surface area contributed by atoms with Crippen molar-refractivity contribution in [2.45, 2.75) is 85.5 Å². The van der Waals surface area contributed by atoms with Crippen molar-refractivity contribution < 1.29 is 19.1 Å². The number of ether oxygens (including phenoxy) is 2. The van der Waals surface area contributed by atoms with E-state index < -0.39 is 23.3 Å². The molecule has 5 heteroatoms. The third kappa shape index (κ3) is 7.46. The molecule has 0 N–H and O–H groups in total. The molecule has 5 nitrogen and oxygen atoms in total. The minimum Gasteiger partial charge on any atom is -0.466 e. The van der Waals surface area contributed by atoms with Gasteiger partial charge >= 0.3 is 11.9 Å². The Kier molecular flexibility index (Phi) is 12.8. The van der Waals surface area contributed by atoms with Gasteiger partial charge in [-0.05, 0) is 26.7 Å². The number of hydrogen-bond donors (Lipinski definition) is 0. The summed E-state index contributed by atoms with van der Waals surface area (Å²) >= 11 is 0. The van der Waals surface area contributed by atoms with Crippen molar-refractivity contribution in [2.24, 2.45) is 11.3 Å². The smallest absolute Gasteiger partial charge is 0.327 e. The molecule has 0 saturated heterocycles. The Labute approximate surface area is 153 Å². The highest BCUT2D eigenvalue weighted by molar-refractivity contribution is 5.88. The predicted octanol–water partition coefficient (Wildman–Crippen LogP) is 4.79. The second kappa shape index (κ2) is 13.7. The first kappa shape index (κ1) is 23.4. The molecule has 0 aliphatic carbocycles. The largest absolute Gasteiger partial charge is 0.466 e. The molecule has 0 saturated carbocycles. The predicted molar refractivity (Wildman–Crippen MR) is 97.7 cm³/mol. The van der Waals surface area contributed by atoms with E-state index in [-0.39, 0.29) is 13.2 Å². The zero-order chi connectivity index (χ0) is 19.1. The second-order valence-corrected chi connectivity index (χ2v) is 6.41. The molecule has 0 aromatic rings. The van der Waals surface area contributed by atoms with Crippen molar-refractivity contribution in [1.82, 2.24) is 0 Å². The van der Waals surface area contributed by atoms with E-state index in [4.69, 9.17) is 9.47 Å². The van der Waals surface area contributed by atoms with Gasteiger partial charge in [0.1, 0.15) is 0 Å². The number of nitrogens with zero attached hydrogens (tertiary/aromatic N) is 1. The molecule has 0 radical (unpaired) electrons. The lowest BCUT2D eigenvalue weighted by molar-refractivity contribution is -0.166. The van der Waals surface area contributed by atoms with Gasteiger partial charge < -0.3 is 9.47 Å². The van der Waals surface area contributed by atoms with Crippen LogP contribution in [0.3, 0.4) is 0 Å². The minimum absolute atomic E-state index is 0.196. The molecule has 0 aromatic carbocycles. The van der Waals surface area contributed by atoms with E-state index in [1.54, 1.807) is 13.8 Å². The van der Waals surface area contributed by atoms with Crippen LogP contribution in [-0.2, 0) is 19.1 Å². The van der Waals surface area contributed by atoms with Crippen molar-refractivity contribution in [1.29, 1.82) is 5.26 Å². The third-order valence-electron chi connectivity index (χ3n) is 4.53. The number of carbonyl (C=O) groups excluding carboxylic acids is 2. The highest BCUT2D eigenvalue weighted by Gasteiger charge is 2.51. The summed E-state index contributed by atoms with van der Waals surface area (Å²) in [4.78, 5) is 25.2. The summed E-state index contributed by atoms with van der Waals surface area (Å²) in [5.41, 5.74) is -1.44. The van der Waals surface area contributed by atoms with Crippen molar-refractivity contribution in [3.05, 3.63) is 0 Å². The Balaban J connectivity index is 5.56. The topological polar surface area (TPSA) is 76.4 Å². The number of nitriles is 1. The molecule has 0 heterocycles. The standard InChI is InChI=1S/C20H35NO4/c1-5-9-11-13-15-20(16-21,19(23)25-8-4)17(14-12-10-6-2)18(22)24-7-3/h17H,5-15H2,1-4H3. The molecule has 0 bridgehead atoms. The fourth-order valence-corrected chi connectivity index (χ4v) is 3.10. The average Bonchev–Trinajstić information content (AvgIpc) is 2.60. The lowest BCUT2D eigenvalue weighted by Gasteiger charge is -2.31. The fourth-order valence-electron chi connectivity index (χ4n) is 3.10. The summed E-state index contributed by atoms with van der Waals surface area (Å²) in [7, 11) is 0. The van der Waals surface area contributed by atoms with E-state index in [9.17, 15) is 14.9 Å². The Bertz CT molecular complexity index is 430. The Hall–Kier alpha value is -1.57. The Morgan fingerprint density at radius 2 is 1.52 bits per heavy atom. The summed E-state index contributed by atoms with van der Waals surface area (Å²) in [6.07, 6.45) is 7.35. The van der Waals surface area contributed by atoms with Gasteiger partial charge in [0.05, 0.1) is 25.2 Å². The SMILES string of the molecule is CCCCCCC(C#N)(C(=O)OCC)C(CCCCC)C(=O)OCC. The summed E-state index contributed by atoms with van der Waals surface area (Å²) in [6, 6.07) is 2.17. The highest BCUT2D eigenvalue weighted by atomic mass is 16.5. The minimum atomic E-state index is -1.44. The highest BCUT2D eigenvalue weighted by Crippen LogP contribution is 2.39. The summed E-state index contributed by atoms with van der Waals surface area (Å²) in [6.45, 7) is 8.07. The quantitative estimate of drug-likeness (QED) is 0.331. The van der Waals surface area contributed by atoms with Gasteiger partial charge in [-0.1, -0.05) is 58.8 Å². The van der Waals surface area contributed by atoms with Crippen molar-refractivity contribution in [2.75, 3.05) is 13.2 Å². The summed E-state index contributed by atoms with van der Waals surface area (Å²) < 4.78 is 10.4. The molecule has 0 aliphatic rings. The van der Waals surface area contributed by atoms with E-state index in [0.717, 1.165) is 44.9 Å². The molecule has 144 valence electrons. The van der Waals surface area contributed by atoms with E-state index in [1.165, 1.54) is 0 Å². The van der Waals surface area contributed by atoms with Crippen LogP contribution in [0.1, 0.15) is 85.5 Å². The van der Waals surface area contributed by atoms with E-state index >= 15 is 0 Å². The van der Waals surface area contributed by atoms with Gasteiger partial charge in [-0.2, -0.15) is 5.26 Å². The first-order valence-corrected chi connectivity index (χ1v) is 9.79. The first-order chi connectivity index (χ1) is 12.0. The van der Waals surface area contributed by atoms with Crippen LogP contribution < -0.4 is 0 Å². The van der Waals surface area contributed by atoms with Crippen LogP contribution in [0.5, 0.6) is 0 Å². The maximum Gasteiger partial charge on any atom is 0.327 e. The summed E-state index contributed by atoms with van der Waals surface area (Å²) in [5, 5.41) is 9.92. The van der Waals surface area contributed by atoms with Gasteiger partial charge in [-0.15, -0.1) is 0 Å². The van der Waals surface area contributed by atoms with Gasteiger partial charge in [0.25, 0.3) is 0 Å². The van der Waals surface area contributed by atoms with Crippen LogP contribution in [0, 0.1) is 22.7 Å². The molecular weight excluding hydrogens is 318 g/mol. The average molecular weight is 354 g/mol. The molecule has 0 spiro atoms. The molecule has 0 amide bonds. The molecular formula is C20H35NO4. The van der Waals surface area contributed by atoms with E-state index in [1.807, 2.05) is 0 Å². The molecule has 2 atom stereocenters. The van der Waals surface area contributed by atoms with Crippen LogP contribution in [0.25, 0.3) is 0 Å². The zero-order valence-electron chi connectivity index (χ0n) is 16.4. The number of esters is 2. The Morgan fingerprint density at radius 3 is 2.04 bits per heavy atom. The van der Waals surface area contributed by atoms with Gasteiger partial charge in [0, 0.05) is 0 Å². The maximum atomic E-state index is 12.7. The summed E-state index contributed by atoms with van der Waals surface area (Å²) in [5.74, 6) is -1.79. The van der Waals surface area contributed by atoms with Gasteiger partial charge in [0.15, 0.2) is 5.41 Å². The number of hydrogen-bond acceptors (Lipinski definition) is 5. The monoisotopic (exact) mass is 353 g/mol. The maximum absolute atomic E-state index is 12.7. The molecule has 25 heavy (non-hydrogen) atoms. The van der Waals surface area contributed by atoms with Crippen LogP contribution in [0.2, 0.25) is 0 Å². The fraction of sp³-hybridized carbons (Fsp3) is 0.850. The van der Waals surface area contributed by atoms with Crippen molar-refractivity contribution in [3.8, 4) is 6.07 Å². The molecule has 2 unspecified atom stereocenters. The zero-order valence-corrected chi connectivity index (χ0v) is 16.4. The van der Waals surface area contributed by atoms with Gasteiger partial charge in [0.2, 0.25) is 0 Å². The van der Waals surface area contributed by atoms with Crippen molar-refractivity contribution in [3.63, 3.8) is 0 Å².